The Balaban J connectivity index is 1.55. The zero-order chi connectivity index (χ0) is 31.5. The molecule has 0 radical (unpaired) electrons. The molecule has 0 unspecified atom stereocenters. The number of nitrogens with zero attached hydrogens (tertiary/aromatic N) is 3. The molecule has 44 heavy (non-hydrogen) atoms. The van der Waals surface area contributed by atoms with Crippen molar-refractivity contribution in [3.63, 3.8) is 0 Å². The summed E-state index contributed by atoms with van der Waals surface area (Å²) in [5.74, 6) is 0.100. The molecule has 0 bridgehead atoms. The molecule has 4 aromatic rings. The molecule has 10 heteroatoms. The predicted octanol–water partition coefficient (Wildman–Crippen LogP) is 6.68. The molecule has 3 aromatic carbocycles. The van der Waals surface area contributed by atoms with Crippen LogP contribution in [0.25, 0.3) is 6.08 Å². The fourth-order valence-electron chi connectivity index (χ4n) is 5.03. The van der Waals surface area contributed by atoms with Gasteiger partial charge in [0.15, 0.2) is 10.6 Å². The van der Waals surface area contributed by atoms with Crippen LogP contribution in [0.3, 0.4) is 0 Å². The fourth-order valence-corrected chi connectivity index (χ4v) is 6.69. The molecule has 224 valence electrons. The van der Waals surface area contributed by atoms with E-state index in [9.17, 15) is 14.9 Å². The monoisotopic (exact) mass is 645 g/mol. The summed E-state index contributed by atoms with van der Waals surface area (Å²) in [6, 6.07) is 19.8. The number of halogens is 2. The number of nitriles is 1. The maximum atomic E-state index is 14.0. The van der Waals surface area contributed by atoms with Crippen molar-refractivity contribution in [2.24, 2.45) is 4.99 Å². The molecule has 0 saturated carbocycles. The minimum Gasteiger partial charge on any atom is -0.486 e. The summed E-state index contributed by atoms with van der Waals surface area (Å²) in [7, 11) is 0. The van der Waals surface area contributed by atoms with E-state index in [1.165, 1.54) is 11.3 Å². The van der Waals surface area contributed by atoms with Gasteiger partial charge >= 0.3 is 5.97 Å². The van der Waals surface area contributed by atoms with Crippen LogP contribution in [-0.4, -0.2) is 17.1 Å². The Morgan fingerprint density at radius 2 is 1.82 bits per heavy atom. The summed E-state index contributed by atoms with van der Waals surface area (Å²) in [6.07, 6.45) is 1.69. The Morgan fingerprint density at radius 1 is 1.14 bits per heavy atom. The van der Waals surface area contributed by atoms with Crippen LogP contribution in [-0.2, 0) is 16.1 Å². The van der Waals surface area contributed by atoms with Crippen LogP contribution < -0.4 is 19.6 Å². The Bertz CT molecular complexity index is 1980. The Hall–Kier alpha value is -4.16. The van der Waals surface area contributed by atoms with Gasteiger partial charge in [-0.05, 0) is 60.7 Å². The first-order chi connectivity index (χ1) is 21.1. The minimum atomic E-state index is -0.701. The number of allylic oxidation sites excluding steroid dienone is 1. The summed E-state index contributed by atoms with van der Waals surface area (Å²) in [5.41, 5.74) is 4.25. The Morgan fingerprint density at radius 3 is 2.45 bits per heavy atom. The van der Waals surface area contributed by atoms with Gasteiger partial charge in [0.05, 0.1) is 50.1 Å². The lowest BCUT2D eigenvalue weighted by atomic mass is 9.93. The number of hydrogen-bond donors (Lipinski definition) is 0. The predicted molar refractivity (Wildman–Crippen MR) is 173 cm³/mol. The van der Waals surface area contributed by atoms with Crippen molar-refractivity contribution in [1.29, 1.82) is 5.26 Å². The number of aromatic nitrogens is 1. The van der Waals surface area contributed by atoms with Crippen molar-refractivity contribution in [3.8, 4) is 11.8 Å². The summed E-state index contributed by atoms with van der Waals surface area (Å²) in [5, 5.41) is 9.87. The lowest BCUT2D eigenvalue weighted by molar-refractivity contribution is -0.139. The zero-order valence-corrected chi connectivity index (χ0v) is 26.9. The molecule has 1 aliphatic heterocycles. The van der Waals surface area contributed by atoms with Crippen LogP contribution in [0.1, 0.15) is 67.5 Å². The van der Waals surface area contributed by atoms with E-state index in [2.05, 4.69) is 24.9 Å². The fraction of sp³-hybridized carbons (Fsp3) is 0.235. The SMILES string of the molecule is CCOC(=O)C1=C(C)N=c2s/c(=C/c3cc(Cl)c(OCc4ccccc4C#N)c(Cl)c3)c(=O)n2[C@H]1c1ccc(C(C)C)cc1. The number of carbonyl (C=O) groups excluding carboxylic acids is 1. The Labute approximate surface area is 268 Å². The molecular formula is C34H29Cl2N3O4S. The van der Waals surface area contributed by atoms with Crippen molar-refractivity contribution in [3.05, 3.63) is 129 Å². The van der Waals surface area contributed by atoms with Crippen molar-refractivity contribution < 1.29 is 14.3 Å². The summed E-state index contributed by atoms with van der Waals surface area (Å²) >= 11 is 14.4. The minimum absolute atomic E-state index is 0.113. The van der Waals surface area contributed by atoms with Crippen LogP contribution in [0.5, 0.6) is 5.75 Å². The summed E-state index contributed by atoms with van der Waals surface area (Å²) < 4.78 is 13.2. The highest BCUT2D eigenvalue weighted by Gasteiger charge is 2.33. The van der Waals surface area contributed by atoms with Gasteiger partial charge in [0.25, 0.3) is 5.56 Å². The second-order valence-corrected chi connectivity index (χ2v) is 12.3. The molecule has 1 aliphatic rings. The third kappa shape index (κ3) is 6.22. The first kappa shape index (κ1) is 31.3. The van der Waals surface area contributed by atoms with E-state index in [1.54, 1.807) is 54.8 Å². The largest absolute Gasteiger partial charge is 0.486 e. The Kier molecular flexibility index (Phi) is 9.40. The number of thiazole rings is 1. The first-order valence-electron chi connectivity index (χ1n) is 14.0. The van der Waals surface area contributed by atoms with Gasteiger partial charge in [-0.2, -0.15) is 5.26 Å². The number of rotatable bonds is 8. The molecule has 5 rings (SSSR count). The number of fused-ring (bicyclic) bond motifs is 1. The average Bonchev–Trinajstić information content (AvgIpc) is 3.30. The number of esters is 1. The van der Waals surface area contributed by atoms with Gasteiger partial charge in [-0.3, -0.25) is 9.36 Å². The van der Waals surface area contributed by atoms with Gasteiger partial charge in [-0.15, -0.1) is 0 Å². The van der Waals surface area contributed by atoms with Crippen molar-refractivity contribution in [2.45, 2.75) is 46.3 Å². The highest BCUT2D eigenvalue weighted by atomic mass is 35.5. The molecule has 2 heterocycles. The smallest absolute Gasteiger partial charge is 0.338 e. The number of carbonyl (C=O) groups is 1. The molecule has 0 amide bonds. The highest BCUT2D eigenvalue weighted by Crippen LogP contribution is 2.35. The highest BCUT2D eigenvalue weighted by molar-refractivity contribution is 7.07. The van der Waals surface area contributed by atoms with Gasteiger partial charge in [0, 0.05) is 5.56 Å². The number of hydrogen-bond acceptors (Lipinski definition) is 7. The van der Waals surface area contributed by atoms with Gasteiger partial charge in [0.2, 0.25) is 0 Å². The maximum Gasteiger partial charge on any atom is 0.338 e. The van der Waals surface area contributed by atoms with Crippen molar-refractivity contribution >= 4 is 46.6 Å². The van der Waals surface area contributed by atoms with Crippen LogP contribution in [0.4, 0.5) is 0 Å². The van der Waals surface area contributed by atoms with E-state index in [1.807, 2.05) is 30.3 Å². The lowest BCUT2D eigenvalue weighted by Crippen LogP contribution is -2.39. The topological polar surface area (TPSA) is 93.7 Å². The first-order valence-corrected chi connectivity index (χ1v) is 15.6. The normalized spacial score (nSPS) is 14.7. The maximum absolute atomic E-state index is 14.0. The lowest BCUT2D eigenvalue weighted by Gasteiger charge is -2.25. The quantitative estimate of drug-likeness (QED) is 0.199. The molecule has 1 atom stereocenters. The number of benzene rings is 3. The second kappa shape index (κ2) is 13.2. The molecule has 1 aromatic heterocycles. The van der Waals surface area contributed by atoms with Gasteiger partial charge in [0.1, 0.15) is 6.61 Å². The molecule has 7 nitrogen and oxygen atoms in total. The average molecular weight is 647 g/mol. The van der Waals surface area contributed by atoms with Crippen LogP contribution in [0.15, 0.2) is 81.7 Å². The van der Waals surface area contributed by atoms with E-state index < -0.39 is 12.0 Å². The standard InChI is InChI=1S/C34H29Cl2N3O4S/c1-5-42-33(41)29-20(4)38-34-39(30(29)23-12-10-22(11-13-23)19(2)3)32(40)28(44-34)16-21-14-26(35)31(27(36)15-21)43-18-25-9-7-6-8-24(25)17-37/h6-16,19,30H,5,18H2,1-4H3/b28-16+/t30-/m0/s1. The molecule has 0 saturated heterocycles. The molecule has 0 fully saturated rings. The van der Waals surface area contributed by atoms with Crippen molar-refractivity contribution in [1.82, 2.24) is 4.57 Å². The summed E-state index contributed by atoms with van der Waals surface area (Å²) in [6.45, 7) is 8.03. The van der Waals surface area contributed by atoms with Crippen molar-refractivity contribution in [2.75, 3.05) is 6.61 Å². The molecular weight excluding hydrogens is 617 g/mol. The molecule has 0 spiro atoms. The second-order valence-electron chi connectivity index (χ2n) is 10.5. The van der Waals surface area contributed by atoms with E-state index in [4.69, 9.17) is 32.7 Å². The van der Waals surface area contributed by atoms with E-state index in [0.29, 0.717) is 43.2 Å². The molecule has 0 aliphatic carbocycles. The summed E-state index contributed by atoms with van der Waals surface area (Å²) in [4.78, 5) is 32.2. The molecule has 0 N–H and O–H groups in total. The van der Waals surface area contributed by atoms with Crippen LogP contribution >= 0.6 is 34.5 Å². The third-order valence-electron chi connectivity index (χ3n) is 7.26. The van der Waals surface area contributed by atoms with E-state index in [-0.39, 0.29) is 34.6 Å². The van der Waals surface area contributed by atoms with Gasteiger partial charge in [-0.1, -0.05) is 90.9 Å². The van der Waals surface area contributed by atoms with E-state index >= 15 is 0 Å². The number of ether oxygens (including phenoxy) is 2. The van der Waals surface area contributed by atoms with Crippen LogP contribution in [0.2, 0.25) is 10.0 Å². The zero-order valence-electron chi connectivity index (χ0n) is 24.6. The third-order valence-corrected chi connectivity index (χ3v) is 8.81. The van der Waals surface area contributed by atoms with Crippen LogP contribution in [0, 0.1) is 11.3 Å². The van der Waals surface area contributed by atoms with E-state index in [0.717, 1.165) is 11.1 Å². The van der Waals surface area contributed by atoms with Gasteiger partial charge in [-0.25, -0.2) is 9.79 Å². The van der Waals surface area contributed by atoms with Gasteiger partial charge < -0.3 is 9.47 Å².